The SMILES string of the molecule is O=Cc1ccc(Oc2ccc(I)cc2)c(Br)c1. The van der Waals surface area contributed by atoms with E-state index in [0.29, 0.717) is 11.3 Å². The molecular formula is C13H8BrIO2. The minimum Gasteiger partial charge on any atom is -0.456 e. The van der Waals surface area contributed by atoms with Crippen LogP contribution in [-0.4, -0.2) is 6.29 Å². The largest absolute Gasteiger partial charge is 0.456 e. The van der Waals surface area contributed by atoms with Gasteiger partial charge in [0.05, 0.1) is 4.47 Å². The molecule has 0 aliphatic rings. The molecule has 0 radical (unpaired) electrons. The molecule has 0 saturated carbocycles. The smallest absolute Gasteiger partial charge is 0.150 e. The average Bonchev–Trinajstić information content (AvgIpc) is 2.34. The first-order valence-electron chi connectivity index (χ1n) is 4.87. The van der Waals surface area contributed by atoms with Crippen LogP contribution < -0.4 is 4.74 Å². The molecule has 0 spiro atoms. The number of carbonyl (C=O) groups excluding carboxylic acids is 1. The molecule has 86 valence electrons. The first-order chi connectivity index (χ1) is 8.19. The summed E-state index contributed by atoms with van der Waals surface area (Å²) in [5.41, 5.74) is 0.617. The minimum atomic E-state index is 0.617. The van der Waals surface area contributed by atoms with Crippen molar-refractivity contribution in [1.82, 2.24) is 0 Å². The molecule has 0 aliphatic carbocycles. The maximum atomic E-state index is 10.6. The summed E-state index contributed by atoms with van der Waals surface area (Å²) >= 11 is 5.61. The summed E-state index contributed by atoms with van der Waals surface area (Å²) in [6, 6.07) is 13.0. The van der Waals surface area contributed by atoms with E-state index in [-0.39, 0.29) is 0 Å². The van der Waals surface area contributed by atoms with Crippen molar-refractivity contribution in [2.45, 2.75) is 0 Å². The highest BCUT2D eigenvalue weighted by Crippen LogP contribution is 2.30. The van der Waals surface area contributed by atoms with Crippen LogP contribution in [0.1, 0.15) is 10.4 Å². The minimum absolute atomic E-state index is 0.617. The van der Waals surface area contributed by atoms with E-state index in [9.17, 15) is 4.79 Å². The molecule has 0 bridgehead atoms. The van der Waals surface area contributed by atoms with Gasteiger partial charge >= 0.3 is 0 Å². The van der Waals surface area contributed by atoms with Crippen LogP contribution in [0.2, 0.25) is 0 Å². The number of benzene rings is 2. The first-order valence-corrected chi connectivity index (χ1v) is 6.74. The van der Waals surface area contributed by atoms with Crippen molar-refractivity contribution in [2.24, 2.45) is 0 Å². The van der Waals surface area contributed by atoms with E-state index in [0.717, 1.165) is 20.1 Å². The predicted octanol–water partition coefficient (Wildman–Crippen LogP) is 4.66. The normalized spacial score (nSPS) is 10.0. The Labute approximate surface area is 121 Å². The zero-order valence-electron chi connectivity index (χ0n) is 8.69. The Morgan fingerprint density at radius 3 is 2.41 bits per heavy atom. The van der Waals surface area contributed by atoms with Crippen molar-refractivity contribution in [3.63, 3.8) is 0 Å². The fraction of sp³-hybridized carbons (Fsp3) is 0. The van der Waals surface area contributed by atoms with Crippen LogP contribution in [0, 0.1) is 3.57 Å². The molecule has 0 atom stereocenters. The van der Waals surface area contributed by atoms with Gasteiger partial charge in [-0.1, -0.05) is 0 Å². The van der Waals surface area contributed by atoms with Crippen molar-refractivity contribution in [2.75, 3.05) is 0 Å². The Bertz CT molecular complexity index is 538. The van der Waals surface area contributed by atoms with Crippen LogP contribution in [0.25, 0.3) is 0 Å². The number of aldehydes is 1. The molecule has 0 unspecified atom stereocenters. The Morgan fingerprint density at radius 1 is 1.12 bits per heavy atom. The summed E-state index contributed by atoms with van der Waals surface area (Å²) in [6.07, 6.45) is 0.805. The van der Waals surface area contributed by atoms with Gasteiger partial charge in [-0.25, -0.2) is 0 Å². The molecule has 2 nitrogen and oxygen atoms in total. The van der Waals surface area contributed by atoms with Crippen LogP contribution in [0.3, 0.4) is 0 Å². The predicted molar refractivity (Wildman–Crippen MR) is 78.8 cm³/mol. The molecule has 0 heterocycles. The fourth-order valence-electron chi connectivity index (χ4n) is 1.30. The zero-order valence-corrected chi connectivity index (χ0v) is 12.4. The van der Waals surface area contributed by atoms with Crippen molar-refractivity contribution in [1.29, 1.82) is 0 Å². The lowest BCUT2D eigenvalue weighted by molar-refractivity contribution is 0.112. The van der Waals surface area contributed by atoms with Crippen LogP contribution in [0.5, 0.6) is 11.5 Å². The zero-order chi connectivity index (χ0) is 12.3. The van der Waals surface area contributed by atoms with E-state index in [2.05, 4.69) is 38.5 Å². The van der Waals surface area contributed by atoms with Gasteiger partial charge in [0.2, 0.25) is 0 Å². The standard InChI is InChI=1S/C13H8BrIO2/c14-12-7-9(8-16)1-6-13(12)17-11-4-2-10(15)3-5-11/h1-8H. The van der Waals surface area contributed by atoms with Crippen LogP contribution in [0.4, 0.5) is 0 Å². The van der Waals surface area contributed by atoms with Gasteiger partial charge in [0.25, 0.3) is 0 Å². The molecule has 4 heteroatoms. The van der Waals surface area contributed by atoms with Gasteiger partial charge in [-0.15, -0.1) is 0 Å². The number of hydrogen-bond donors (Lipinski definition) is 0. The van der Waals surface area contributed by atoms with Gasteiger partial charge in [-0.05, 0) is 81.0 Å². The summed E-state index contributed by atoms with van der Waals surface area (Å²) < 4.78 is 7.62. The van der Waals surface area contributed by atoms with Crippen molar-refractivity contribution in [3.8, 4) is 11.5 Å². The van der Waals surface area contributed by atoms with E-state index in [4.69, 9.17) is 4.74 Å². The second-order valence-corrected chi connectivity index (χ2v) is 5.46. The van der Waals surface area contributed by atoms with Gasteiger partial charge < -0.3 is 4.74 Å². The summed E-state index contributed by atoms with van der Waals surface area (Å²) in [7, 11) is 0. The Balaban J connectivity index is 2.24. The topological polar surface area (TPSA) is 26.3 Å². The third kappa shape index (κ3) is 3.29. The van der Waals surface area contributed by atoms with Gasteiger partial charge in [0, 0.05) is 9.13 Å². The second-order valence-electron chi connectivity index (χ2n) is 3.36. The lowest BCUT2D eigenvalue weighted by atomic mass is 10.2. The summed E-state index contributed by atoms with van der Waals surface area (Å²) in [4.78, 5) is 10.6. The van der Waals surface area contributed by atoms with Gasteiger partial charge in [-0.3, -0.25) is 4.79 Å². The van der Waals surface area contributed by atoms with Gasteiger partial charge in [-0.2, -0.15) is 0 Å². The lowest BCUT2D eigenvalue weighted by Crippen LogP contribution is -1.87. The molecule has 17 heavy (non-hydrogen) atoms. The summed E-state index contributed by atoms with van der Waals surface area (Å²) in [5, 5.41) is 0. The maximum absolute atomic E-state index is 10.6. The van der Waals surface area contributed by atoms with E-state index in [1.54, 1.807) is 18.2 Å². The van der Waals surface area contributed by atoms with E-state index < -0.39 is 0 Å². The maximum Gasteiger partial charge on any atom is 0.150 e. The summed E-state index contributed by atoms with van der Waals surface area (Å²) in [6.45, 7) is 0. The first kappa shape index (κ1) is 12.6. The highest BCUT2D eigenvalue weighted by Gasteiger charge is 2.03. The molecule has 0 N–H and O–H groups in total. The number of carbonyl (C=O) groups is 1. The Hall–Kier alpha value is -0.880. The third-order valence-electron chi connectivity index (χ3n) is 2.13. The highest BCUT2D eigenvalue weighted by molar-refractivity contribution is 14.1. The molecule has 0 fully saturated rings. The third-order valence-corrected chi connectivity index (χ3v) is 3.47. The number of halogens is 2. The highest BCUT2D eigenvalue weighted by atomic mass is 127. The van der Waals surface area contributed by atoms with Crippen LogP contribution >= 0.6 is 38.5 Å². The van der Waals surface area contributed by atoms with Gasteiger partial charge in [0.15, 0.2) is 0 Å². The molecule has 2 rings (SSSR count). The van der Waals surface area contributed by atoms with Gasteiger partial charge in [0.1, 0.15) is 17.8 Å². The fourth-order valence-corrected chi connectivity index (χ4v) is 2.14. The van der Waals surface area contributed by atoms with Crippen LogP contribution in [-0.2, 0) is 0 Å². The van der Waals surface area contributed by atoms with Crippen molar-refractivity contribution in [3.05, 3.63) is 56.1 Å². The van der Waals surface area contributed by atoms with Crippen molar-refractivity contribution >= 4 is 44.8 Å². The monoisotopic (exact) mass is 402 g/mol. The molecule has 0 saturated heterocycles. The van der Waals surface area contributed by atoms with E-state index in [1.807, 2.05) is 24.3 Å². The molecule has 2 aromatic carbocycles. The lowest BCUT2D eigenvalue weighted by Gasteiger charge is -2.08. The molecule has 0 aromatic heterocycles. The molecular weight excluding hydrogens is 395 g/mol. The number of hydrogen-bond acceptors (Lipinski definition) is 2. The molecule has 0 amide bonds. The number of rotatable bonds is 3. The number of ether oxygens (including phenoxy) is 1. The average molecular weight is 403 g/mol. The Morgan fingerprint density at radius 2 is 1.82 bits per heavy atom. The Kier molecular flexibility index (Phi) is 4.17. The van der Waals surface area contributed by atoms with E-state index >= 15 is 0 Å². The molecule has 0 aliphatic heterocycles. The molecule has 2 aromatic rings. The summed E-state index contributed by atoms with van der Waals surface area (Å²) in [5.74, 6) is 1.46. The quantitative estimate of drug-likeness (QED) is 0.551. The van der Waals surface area contributed by atoms with E-state index in [1.165, 1.54) is 0 Å². The van der Waals surface area contributed by atoms with Crippen LogP contribution in [0.15, 0.2) is 46.9 Å². The van der Waals surface area contributed by atoms with Crippen molar-refractivity contribution < 1.29 is 9.53 Å². The second kappa shape index (κ2) is 5.64.